The van der Waals surface area contributed by atoms with Crippen molar-refractivity contribution >= 4 is 15.9 Å². The molecule has 1 aliphatic rings. The molecule has 0 aromatic heterocycles. The molecule has 1 aliphatic carbocycles. The fraction of sp³-hybridized carbons (Fsp3) is 0.500. The molecule has 0 saturated heterocycles. The number of para-hydroxylation sites is 1. The molecule has 1 N–H and O–H groups in total. The Hall–Kier alpha value is -0.540. The topological polar surface area (TPSA) is 21.3 Å². The van der Waals surface area contributed by atoms with Crippen LogP contribution in [0.4, 0.5) is 0 Å². The molecule has 0 atom stereocenters. The Morgan fingerprint density at radius 2 is 2.27 bits per heavy atom. The van der Waals surface area contributed by atoms with Gasteiger partial charge >= 0.3 is 0 Å². The van der Waals surface area contributed by atoms with E-state index in [0.29, 0.717) is 0 Å². The van der Waals surface area contributed by atoms with Gasteiger partial charge in [0.1, 0.15) is 5.75 Å². The van der Waals surface area contributed by atoms with Gasteiger partial charge in [-0.2, -0.15) is 0 Å². The van der Waals surface area contributed by atoms with Crippen LogP contribution in [0, 0.1) is 5.92 Å². The summed E-state index contributed by atoms with van der Waals surface area (Å²) in [6.07, 6.45) is 2.65. The highest BCUT2D eigenvalue weighted by atomic mass is 79.9. The Morgan fingerprint density at radius 3 is 2.93 bits per heavy atom. The third-order valence-electron chi connectivity index (χ3n) is 2.58. The Labute approximate surface area is 99.1 Å². The zero-order chi connectivity index (χ0) is 10.7. The lowest BCUT2D eigenvalue weighted by Crippen LogP contribution is -2.09. The van der Waals surface area contributed by atoms with Gasteiger partial charge in [-0.1, -0.05) is 12.1 Å². The van der Waals surface area contributed by atoms with Gasteiger partial charge in [0, 0.05) is 12.1 Å². The van der Waals surface area contributed by atoms with E-state index in [2.05, 4.69) is 27.3 Å². The molecular formula is C12H16BrNO. The number of nitrogens with one attached hydrogen (secondary N) is 1. The highest BCUT2D eigenvalue weighted by Gasteiger charge is 2.22. The predicted octanol–water partition coefficient (Wildman–Crippen LogP) is 2.96. The van der Waals surface area contributed by atoms with Crippen molar-refractivity contribution in [2.45, 2.75) is 19.4 Å². The van der Waals surface area contributed by atoms with E-state index < -0.39 is 0 Å². The van der Waals surface area contributed by atoms with Crippen LogP contribution in [0.15, 0.2) is 22.7 Å². The largest absolute Gasteiger partial charge is 0.492 e. The maximum absolute atomic E-state index is 5.86. The molecule has 1 aromatic rings. The predicted molar refractivity (Wildman–Crippen MR) is 65.1 cm³/mol. The summed E-state index contributed by atoms with van der Waals surface area (Å²) in [5, 5.41) is 3.15. The molecule has 1 fully saturated rings. The van der Waals surface area contributed by atoms with Crippen LogP contribution in [-0.2, 0) is 6.54 Å². The SMILES string of the molecule is CNCc1cccc(Br)c1OCC1CC1. The molecule has 15 heavy (non-hydrogen) atoms. The lowest BCUT2D eigenvalue weighted by molar-refractivity contribution is 0.294. The third-order valence-corrected chi connectivity index (χ3v) is 3.20. The fourth-order valence-electron chi connectivity index (χ4n) is 1.53. The minimum absolute atomic E-state index is 0.791. The first kappa shape index (κ1) is 11.0. The van der Waals surface area contributed by atoms with E-state index in [9.17, 15) is 0 Å². The molecule has 0 unspecified atom stereocenters. The van der Waals surface area contributed by atoms with E-state index in [-0.39, 0.29) is 0 Å². The Morgan fingerprint density at radius 1 is 1.47 bits per heavy atom. The average Bonchev–Trinajstić information content (AvgIpc) is 3.01. The van der Waals surface area contributed by atoms with Gasteiger partial charge in [0.2, 0.25) is 0 Å². The highest BCUT2D eigenvalue weighted by Crippen LogP contribution is 2.33. The summed E-state index contributed by atoms with van der Waals surface area (Å²) in [5.74, 6) is 1.79. The first-order chi connectivity index (χ1) is 7.31. The number of hydrogen-bond acceptors (Lipinski definition) is 2. The van der Waals surface area contributed by atoms with Crippen molar-refractivity contribution < 1.29 is 4.74 Å². The standard InChI is InChI=1S/C12H16BrNO/c1-14-7-10-3-2-4-11(13)12(10)15-8-9-5-6-9/h2-4,9,14H,5-8H2,1H3. The van der Waals surface area contributed by atoms with Crippen LogP contribution in [0.2, 0.25) is 0 Å². The van der Waals surface area contributed by atoms with Gasteiger partial charge in [-0.15, -0.1) is 0 Å². The number of benzene rings is 1. The van der Waals surface area contributed by atoms with E-state index in [4.69, 9.17) is 4.74 Å². The first-order valence-corrected chi connectivity index (χ1v) is 6.15. The summed E-state index contributed by atoms with van der Waals surface area (Å²) in [4.78, 5) is 0. The maximum atomic E-state index is 5.86. The summed E-state index contributed by atoms with van der Waals surface area (Å²) in [6.45, 7) is 1.71. The second-order valence-electron chi connectivity index (χ2n) is 4.01. The summed E-state index contributed by atoms with van der Waals surface area (Å²) < 4.78 is 6.91. The van der Waals surface area contributed by atoms with E-state index >= 15 is 0 Å². The van der Waals surface area contributed by atoms with Crippen molar-refractivity contribution in [1.29, 1.82) is 0 Å². The van der Waals surface area contributed by atoms with Gasteiger partial charge in [-0.05, 0) is 47.8 Å². The minimum atomic E-state index is 0.791. The van der Waals surface area contributed by atoms with Crippen molar-refractivity contribution in [3.63, 3.8) is 0 Å². The Bertz CT molecular complexity index is 336. The van der Waals surface area contributed by atoms with Gasteiger partial charge in [0.05, 0.1) is 11.1 Å². The molecular weight excluding hydrogens is 254 g/mol. The molecule has 1 aromatic carbocycles. The Balaban J connectivity index is 2.09. The summed E-state index contributed by atoms with van der Waals surface area (Å²) in [5.41, 5.74) is 1.22. The van der Waals surface area contributed by atoms with Crippen LogP contribution < -0.4 is 10.1 Å². The number of halogens is 1. The third kappa shape index (κ3) is 2.95. The van der Waals surface area contributed by atoms with Crippen molar-refractivity contribution in [3.05, 3.63) is 28.2 Å². The van der Waals surface area contributed by atoms with Gasteiger partial charge in [0.25, 0.3) is 0 Å². The quantitative estimate of drug-likeness (QED) is 0.888. The molecule has 0 spiro atoms. The maximum Gasteiger partial charge on any atom is 0.137 e. The van der Waals surface area contributed by atoms with Crippen LogP contribution in [0.25, 0.3) is 0 Å². The second kappa shape index (κ2) is 4.99. The van der Waals surface area contributed by atoms with E-state index in [1.807, 2.05) is 19.2 Å². The van der Waals surface area contributed by atoms with Crippen molar-refractivity contribution in [2.75, 3.05) is 13.7 Å². The van der Waals surface area contributed by atoms with Gasteiger partial charge < -0.3 is 10.1 Å². The van der Waals surface area contributed by atoms with Gasteiger partial charge in [0.15, 0.2) is 0 Å². The van der Waals surface area contributed by atoms with Gasteiger partial charge in [-0.3, -0.25) is 0 Å². The monoisotopic (exact) mass is 269 g/mol. The molecule has 0 radical (unpaired) electrons. The lowest BCUT2D eigenvalue weighted by atomic mass is 10.2. The molecule has 1 saturated carbocycles. The average molecular weight is 270 g/mol. The molecule has 2 nitrogen and oxygen atoms in total. The molecule has 3 heteroatoms. The second-order valence-corrected chi connectivity index (χ2v) is 4.87. The van der Waals surface area contributed by atoms with E-state index in [1.165, 1.54) is 18.4 Å². The van der Waals surface area contributed by atoms with Crippen LogP contribution in [-0.4, -0.2) is 13.7 Å². The van der Waals surface area contributed by atoms with E-state index in [1.54, 1.807) is 0 Å². The summed E-state index contributed by atoms with van der Waals surface area (Å²) in [6, 6.07) is 6.17. The van der Waals surface area contributed by atoms with Crippen molar-refractivity contribution in [1.82, 2.24) is 5.32 Å². The molecule has 0 heterocycles. The van der Waals surface area contributed by atoms with Crippen LogP contribution in [0.1, 0.15) is 18.4 Å². The zero-order valence-electron chi connectivity index (χ0n) is 8.92. The van der Waals surface area contributed by atoms with E-state index in [0.717, 1.165) is 29.3 Å². The highest BCUT2D eigenvalue weighted by molar-refractivity contribution is 9.10. The molecule has 0 bridgehead atoms. The van der Waals surface area contributed by atoms with Crippen LogP contribution in [0.3, 0.4) is 0 Å². The molecule has 0 aliphatic heterocycles. The van der Waals surface area contributed by atoms with Crippen LogP contribution >= 0.6 is 15.9 Å². The Kier molecular flexibility index (Phi) is 3.65. The van der Waals surface area contributed by atoms with Crippen LogP contribution in [0.5, 0.6) is 5.75 Å². The smallest absolute Gasteiger partial charge is 0.137 e. The fourth-order valence-corrected chi connectivity index (χ4v) is 2.05. The zero-order valence-corrected chi connectivity index (χ0v) is 10.5. The lowest BCUT2D eigenvalue weighted by Gasteiger charge is -2.12. The first-order valence-electron chi connectivity index (χ1n) is 5.36. The van der Waals surface area contributed by atoms with Gasteiger partial charge in [-0.25, -0.2) is 0 Å². The number of ether oxygens (including phenoxy) is 1. The number of rotatable bonds is 5. The summed E-state index contributed by atoms with van der Waals surface area (Å²) >= 11 is 3.53. The minimum Gasteiger partial charge on any atom is -0.492 e. The molecule has 0 amide bonds. The molecule has 2 rings (SSSR count). The van der Waals surface area contributed by atoms with Crippen molar-refractivity contribution in [3.8, 4) is 5.75 Å². The number of hydrogen-bond donors (Lipinski definition) is 1. The molecule has 82 valence electrons. The normalized spacial score (nSPS) is 15.3. The summed E-state index contributed by atoms with van der Waals surface area (Å²) in [7, 11) is 1.95. The van der Waals surface area contributed by atoms with Crippen molar-refractivity contribution in [2.24, 2.45) is 5.92 Å².